The largest absolute Gasteiger partial charge is 0.378 e. The zero-order chi connectivity index (χ0) is 18.0. The van der Waals surface area contributed by atoms with E-state index in [-0.39, 0.29) is 10.5 Å². The summed E-state index contributed by atoms with van der Waals surface area (Å²) in [5.41, 5.74) is 1.39. The van der Waals surface area contributed by atoms with Crippen LogP contribution in [0.4, 0.5) is 11.4 Å². The lowest BCUT2D eigenvalue weighted by atomic mass is 10.1. The summed E-state index contributed by atoms with van der Waals surface area (Å²) in [6, 6.07) is 4.30. The van der Waals surface area contributed by atoms with E-state index >= 15 is 0 Å². The molecule has 3 rings (SSSR count). The number of aryl methyl sites for hydroxylation is 1. The van der Waals surface area contributed by atoms with Crippen molar-refractivity contribution < 1.29 is 17.9 Å². The predicted molar refractivity (Wildman–Crippen MR) is 92.0 cm³/mol. The summed E-state index contributed by atoms with van der Waals surface area (Å²) >= 11 is 0. The lowest BCUT2D eigenvalue weighted by Crippen LogP contribution is -2.37. The lowest BCUT2D eigenvalue weighted by Gasteiger charge is -2.30. The normalized spacial score (nSPS) is 15.2. The molecule has 3 N–H and O–H groups in total. The van der Waals surface area contributed by atoms with Crippen LogP contribution in [0.25, 0.3) is 0 Å². The van der Waals surface area contributed by atoms with Crippen LogP contribution >= 0.6 is 0 Å². The highest BCUT2D eigenvalue weighted by molar-refractivity contribution is 7.89. The topological polar surface area (TPSA) is 120 Å². The smallest absolute Gasteiger partial charge is 0.257 e. The van der Waals surface area contributed by atoms with Crippen LogP contribution in [0.3, 0.4) is 0 Å². The molecule has 2 heterocycles. The Kier molecular flexibility index (Phi) is 4.75. The molecule has 10 heteroatoms. The molecule has 1 aromatic heterocycles. The number of nitrogens with one attached hydrogen (secondary N) is 1. The number of amides is 1. The van der Waals surface area contributed by atoms with Gasteiger partial charge in [0, 0.05) is 32.0 Å². The van der Waals surface area contributed by atoms with Gasteiger partial charge in [0.05, 0.1) is 35.6 Å². The zero-order valence-corrected chi connectivity index (χ0v) is 14.5. The van der Waals surface area contributed by atoms with Crippen LogP contribution in [-0.4, -0.2) is 50.4 Å². The van der Waals surface area contributed by atoms with E-state index in [1.54, 1.807) is 24.0 Å². The van der Waals surface area contributed by atoms with Gasteiger partial charge in [-0.05, 0) is 18.2 Å². The van der Waals surface area contributed by atoms with E-state index in [0.717, 1.165) is 0 Å². The number of benzene rings is 1. The van der Waals surface area contributed by atoms with Crippen molar-refractivity contribution in [3.63, 3.8) is 0 Å². The van der Waals surface area contributed by atoms with Gasteiger partial charge in [0.2, 0.25) is 10.0 Å². The molecule has 2 aromatic rings. The Morgan fingerprint density at radius 1 is 1.32 bits per heavy atom. The fraction of sp³-hybridized carbons (Fsp3) is 0.333. The number of sulfonamides is 1. The van der Waals surface area contributed by atoms with Gasteiger partial charge in [0.15, 0.2) is 0 Å². The Balaban J connectivity index is 1.98. The van der Waals surface area contributed by atoms with Crippen molar-refractivity contribution >= 4 is 27.3 Å². The molecule has 25 heavy (non-hydrogen) atoms. The number of nitrogens with zero attached hydrogens (tertiary/aromatic N) is 3. The number of rotatable bonds is 4. The van der Waals surface area contributed by atoms with Crippen LogP contribution in [0, 0.1) is 0 Å². The first-order valence-electron chi connectivity index (χ1n) is 7.64. The highest BCUT2D eigenvalue weighted by atomic mass is 32.2. The van der Waals surface area contributed by atoms with E-state index in [4.69, 9.17) is 9.88 Å². The van der Waals surface area contributed by atoms with E-state index in [1.807, 2.05) is 4.90 Å². The number of ether oxygens (including phenoxy) is 1. The fourth-order valence-electron chi connectivity index (χ4n) is 2.64. The highest BCUT2D eigenvalue weighted by Gasteiger charge is 2.22. The minimum Gasteiger partial charge on any atom is -0.378 e. The molecule has 1 aliphatic rings. The van der Waals surface area contributed by atoms with Gasteiger partial charge in [0.1, 0.15) is 0 Å². The molecule has 0 spiro atoms. The number of carbonyl (C=O) groups is 1. The number of hydrogen-bond acceptors (Lipinski definition) is 6. The Morgan fingerprint density at radius 2 is 2.04 bits per heavy atom. The summed E-state index contributed by atoms with van der Waals surface area (Å²) in [7, 11) is -2.18. The van der Waals surface area contributed by atoms with Gasteiger partial charge in [-0.3, -0.25) is 9.48 Å². The lowest BCUT2D eigenvalue weighted by molar-refractivity contribution is 0.102. The average Bonchev–Trinajstić information content (AvgIpc) is 2.99. The molecule has 9 nitrogen and oxygen atoms in total. The molecule has 1 saturated heterocycles. The van der Waals surface area contributed by atoms with Gasteiger partial charge >= 0.3 is 0 Å². The van der Waals surface area contributed by atoms with Crippen molar-refractivity contribution in [1.82, 2.24) is 9.78 Å². The minimum atomic E-state index is -3.91. The van der Waals surface area contributed by atoms with Crippen molar-refractivity contribution in [2.75, 3.05) is 36.5 Å². The molecule has 0 radical (unpaired) electrons. The molecule has 1 aromatic carbocycles. The second-order valence-electron chi connectivity index (χ2n) is 5.68. The van der Waals surface area contributed by atoms with Gasteiger partial charge in [-0.1, -0.05) is 0 Å². The summed E-state index contributed by atoms with van der Waals surface area (Å²) < 4.78 is 30.2. The first-order valence-corrected chi connectivity index (χ1v) is 9.19. The molecule has 0 saturated carbocycles. The Labute approximate surface area is 145 Å². The van der Waals surface area contributed by atoms with E-state index in [9.17, 15) is 13.2 Å². The SMILES string of the molecule is Cn1cc(NC(=O)c2cc(S(N)(=O)=O)ccc2N2CCOCC2)cn1. The molecule has 1 fully saturated rings. The van der Waals surface area contributed by atoms with Crippen molar-refractivity contribution in [1.29, 1.82) is 0 Å². The van der Waals surface area contributed by atoms with E-state index < -0.39 is 15.9 Å². The molecule has 134 valence electrons. The van der Waals surface area contributed by atoms with Gasteiger partial charge in [-0.25, -0.2) is 13.6 Å². The number of nitrogens with two attached hydrogens (primary N) is 1. The van der Waals surface area contributed by atoms with Crippen molar-refractivity contribution in [2.24, 2.45) is 12.2 Å². The molecule has 0 bridgehead atoms. The zero-order valence-electron chi connectivity index (χ0n) is 13.7. The second-order valence-corrected chi connectivity index (χ2v) is 7.24. The third-order valence-electron chi connectivity index (χ3n) is 3.86. The van der Waals surface area contributed by atoms with Crippen LogP contribution < -0.4 is 15.4 Å². The molecule has 0 atom stereocenters. The monoisotopic (exact) mass is 365 g/mol. The van der Waals surface area contributed by atoms with Crippen molar-refractivity contribution in [3.05, 3.63) is 36.2 Å². The van der Waals surface area contributed by atoms with Crippen molar-refractivity contribution in [2.45, 2.75) is 4.90 Å². The maximum absolute atomic E-state index is 12.7. The van der Waals surface area contributed by atoms with Gasteiger partial charge in [-0.15, -0.1) is 0 Å². The summed E-state index contributed by atoms with van der Waals surface area (Å²) in [4.78, 5) is 14.6. The van der Waals surface area contributed by atoms with Crippen molar-refractivity contribution in [3.8, 4) is 0 Å². The average molecular weight is 365 g/mol. The van der Waals surface area contributed by atoms with Crippen LogP contribution in [-0.2, 0) is 21.8 Å². The first kappa shape index (κ1) is 17.4. The maximum atomic E-state index is 12.7. The summed E-state index contributed by atoms with van der Waals surface area (Å²) in [6.45, 7) is 2.31. The van der Waals surface area contributed by atoms with E-state index in [0.29, 0.717) is 37.7 Å². The Bertz CT molecular complexity index is 887. The van der Waals surface area contributed by atoms with Crippen LogP contribution in [0.15, 0.2) is 35.5 Å². The molecule has 1 aliphatic heterocycles. The second kappa shape index (κ2) is 6.82. The Morgan fingerprint density at radius 3 is 2.64 bits per heavy atom. The number of morpholine rings is 1. The van der Waals surface area contributed by atoms with Gasteiger partial charge < -0.3 is 15.0 Å². The minimum absolute atomic E-state index is 0.110. The van der Waals surface area contributed by atoms with E-state index in [1.165, 1.54) is 18.3 Å². The standard InChI is InChI=1S/C15H19N5O4S/c1-19-10-11(9-17-19)18-15(21)13-8-12(25(16,22)23)2-3-14(13)20-4-6-24-7-5-20/h2-3,8-10H,4-7H2,1H3,(H,18,21)(H2,16,22,23). The summed E-state index contributed by atoms with van der Waals surface area (Å²) in [6.07, 6.45) is 3.16. The van der Waals surface area contributed by atoms with Crippen LogP contribution in [0.1, 0.15) is 10.4 Å². The third-order valence-corrected chi connectivity index (χ3v) is 4.77. The van der Waals surface area contributed by atoms with Crippen LogP contribution in [0.5, 0.6) is 0 Å². The maximum Gasteiger partial charge on any atom is 0.257 e. The molecular weight excluding hydrogens is 346 g/mol. The molecule has 1 amide bonds. The quantitative estimate of drug-likeness (QED) is 0.796. The summed E-state index contributed by atoms with van der Waals surface area (Å²) in [5.74, 6) is -0.431. The van der Waals surface area contributed by atoms with Crippen LogP contribution in [0.2, 0.25) is 0 Å². The number of primary sulfonamides is 1. The highest BCUT2D eigenvalue weighted by Crippen LogP contribution is 2.25. The molecule has 0 aliphatic carbocycles. The van der Waals surface area contributed by atoms with E-state index in [2.05, 4.69) is 10.4 Å². The third kappa shape index (κ3) is 3.98. The number of anilines is 2. The summed E-state index contributed by atoms with van der Waals surface area (Å²) in [5, 5.41) is 11.9. The molecular formula is C15H19N5O4S. The number of hydrogen-bond donors (Lipinski definition) is 2. The number of aromatic nitrogens is 2. The number of carbonyl (C=O) groups excluding carboxylic acids is 1. The van der Waals surface area contributed by atoms with Gasteiger partial charge in [0.25, 0.3) is 5.91 Å². The fourth-order valence-corrected chi connectivity index (χ4v) is 3.18. The Hall–Kier alpha value is -2.43. The first-order chi connectivity index (χ1) is 11.8. The van der Waals surface area contributed by atoms with Gasteiger partial charge in [-0.2, -0.15) is 5.10 Å². The molecule has 0 unspecified atom stereocenters. The predicted octanol–water partition coefficient (Wildman–Crippen LogP) is 0.156.